The Balaban J connectivity index is 1.74. The predicted molar refractivity (Wildman–Crippen MR) is 92.4 cm³/mol. The van der Waals surface area contributed by atoms with E-state index in [1.54, 1.807) is 44.2 Å². The lowest BCUT2D eigenvalue weighted by atomic mass is 10.0. The van der Waals surface area contributed by atoms with Gasteiger partial charge in [0.2, 0.25) is 0 Å². The highest BCUT2D eigenvalue weighted by Crippen LogP contribution is 2.34. The average molecular weight is 329 g/mol. The van der Waals surface area contributed by atoms with Gasteiger partial charge in [-0.15, -0.1) is 11.8 Å². The predicted octanol–water partition coefficient (Wildman–Crippen LogP) is 3.29. The van der Waals surface area contributed by atoms with Crippen LogP contribution in [0, 0.1) is 0 Å². The molecule has 1 N–H and O–H groups in total. The van der Waals surface area contributed by atoms with Crippen molar-refractivity contribution in [3.63, 3.8) is 0 Å². The molecule has 1 saturated heterocycles. The summed E-state index contributed by atoms with van der Waals surface area (Å²) in [4.78, 5) is 12.7. The molecule has 2 unspecified atom stereocenters. The summed E-state index contributed by atoms with van der Waals surface area (Å²) in [5.74, 6) is 2.03. The molecule has 0 spiro atoms. The van der Waals surface area contributed by atoms with Gasteiger partial charge in [-0.1, -0.05) is 30.3 Å². The number of hydrogen-bond donors (Lipinski definition) is 1. The first-order valence-corrected chi connectivity index (χ1v) is 8.46. The number of hydrogen-bond acceptors (Lipinski definition) is 5. The summed E-state index contributed by atoms with van der Waals surface area (Å²) in [6.07, 6.45) is 0. The summed E-state index contributed by atoms with van der Waals surface area (Å²) in [6, 6.07) is 15.3. The van der Waals surface area contributed by atoms with Crippen molar-refractivity contribution in [2.24, 2.45) is 0 Å². The second kappa shape index (κ2) is 7.06. The van der Waals surface area contributed by atoms with E-state index in [0.29, 0.717) is 17.1 Å². The van der Waals surface area contributed by atoms with E-state index in [9.17, 15) is 4.79 Å². The summed E-state index contributed by atoms with van der Waals surface area (Å²) in [5, 5.41) is 3.57. The molecule has 0 radical (unpaired) electrons. The van der Waals surface area contributed by atoms with E-state index in [1.165, 1.54) is 5.56 Å². The Kier molecular flexibility index (Phi) is 4.88. The summed E-state index contributed by atoms with van der Waals surface area (Å²) < 4.78 is 10.5. The van der Waals surface area contributed by atoms with E-state index in [4.69, 9.17) is 9.47 Å². The first kappa shape index (κ1) is 15.9. The maximum Gasteiger partial charge on any atom is 0.180 e. The molecule has 1 fully saturated rings. The Labute approximate surface area is 140 Å². The van der Waals surface area contributed by atoms with E-state index >= 15 is 0 Å². The Morgan fingerprint density at radius 1 is 1.09 bits per heavy atom. The Hall–Kier alpha value is -1.98. The maximum atomic E-state index is 12.7. The second-order valence-electron chi connectivity index (χ2n) is 5.28. The molecule has 1 aliphatic rings. The molecule has 1 aliphatic heterocycles. The third-order valence-electron chi connectivity index (χ3n) is 3.87. The zero-order valence-electron chi connectivity index (χ0n) is 13.1. The minimum atomic E-state index is -0.191. The number of carbonyl (C=O) groups excluding carboxylic acids is 1. The van der Waals surface area contributed by atoms with Gasteiger partial charge in [-0.05, 0) is 23.8 Å². The van der Waals surface area contributed by atoms with Gasteiger partial charge >= 0.3 is 0 Å². The lowest BCUT2D eigenvalue weighted by Crippen LogP contribution is -2.34. The van der Waals surface area contributed by atoms with Crippen molar-refractivity contribution in [1.82, 2.24) is 5.32 Å². The van der Waals surface area contributed by atoms with E-state index in [1.807, 2.05) is 18.2 Å². The molecule has 3 rings (SSSR count). The number of ether oxygens (including phenoxy) is 2. The molecule has 4 nitrogen and oxygen atoms in total. The molecular formula is C18H19NO3S. The molecule has 0 aliphatic carbocycles. The van der Waals surface area contributed by atoms with Crippen molar-refractivity contribution in [3.8, 4) is 11.5 Å². The molecule has 1 heterocycles. The fourth-order valence-corrected chi connectivity index (χ4v) is 3.88. The summed E-state index contributed by atoms with van der Waals surface area (Å²) in [5.41, 5.74) is 1.83. The molecule has 2 aromatic carbocycles. The van der Waals surface area contributed by atoms with E-state index in [-0.39, 0.29) is 17.2 Å². The van der Waals surface area contributed by atoms with Crippen molar-refractivity contribution in [3.05, 3.63) is 59.7 Å². The molecule has 0 saturated carbocycles. The smallest absolute Gasteiger partial charge is 0.180 e. The molecule has 2 aromatic rings. The second-order valence-corrected chi connectivity index (χ2v) is 6.42. The van der Waals surface area contributed by atoms with Crippen LogP contribution < -0.4 is 14.8 Å². The number of thioether (sulfide) groups is 1. The molecule has 120 valence electrons. The van der Waals surface area contributed by atoms with Gasteiger partial charge in [-0.2, -0.15) is 0 Å². The first-order chi connectivity index (χ1) is 11.2. The lowest BCUT2D eigenvalue weighted by molar-refractivity contribution is 0.0955. The van der Waals surface area contributed by atoms with Crippen LogP contribution in [0.4, 0.5) is 0 Å². The van der Waals surface area contributed by atoms with E-state index < -0.39 is 0 Å². The van der Waals surface area contributed by atoms with Gasteiger partial charge in [0.1, 0.15) is 0 Å². The Morgan fingerprint density at radius 2 is 1.83 bits per heavy atom. The van der Waals surface area contributed by atoms with Gasteiger partial charge in [0, 0.05) is 11.3 Å². The van der Waals surface area contributed by atoms with Crippen LogP contribution in [0.5, 0.6) is 11.5 Å². The van der Waals surface area contributed by atoms with Crippen LogP contribution in [-0.2, 0) is 0 Å². The monoisotopic (exact) mass is 329 g/mol. The summed E-state index contributed by atoms with van der Waals surface area (Å²) >= 11 is 1.76. The standard InChI is InChI=1S/C18H19NO3S/c1-21-15-9-8-13(10-16(15)22-2)17(20)14-11-23-18(19-14)12-6-4-3-5-7-12/h3-10,14,18-19H,11H2,1-2H3. The molecular weight excluding hydrogens is 310 g/mol. The number of benzene rings is 2. The molecule has 0 aromatic heterocycles. The van der Waals surface area contributed by atoms with Crippen LogP contribution in [0.25, 0.3) is 0 Å². The molecule has 5 heteroatoms. The van der Waals surface area contributed by atoms with Crippen molar-refractivity contribution in [2.75, 3.05) is 20.0 Å². The topological polar surface area (TPSA) is 47.6 Å². The van der Waals surface area contributed by atoms with Crippen LogP contribution >= 0.6 is 11.8 Å². The third kappa shape index (κ3) is 3.35. The van der Waals surface area contributed by atoms with Crippen LogP contribution in [0.15, 0.2) is 48.5 Å². The fourth-order valence-electron chi connectivity index (χ4n) is 2.63. The largest absolute Gasteiger partial charge is 0.493 e. The van der Waals surface area contributed by atoms with Gasteiger partial charge in [0.05, 0.1) is 25.6 Å². The van der Waals surface area contributed by atoms with Gasteiger partial charge < -0.3 is 9.47 Å². The zero-order valence-corrected chi connectivity index (χ0v) is 13.9. The number of rotatable bonds is 5. The highest BCUT2D eigenvalue weighted by molar-refractivity contribution is 7.99. The molecule has 23 heavy (non-hydrogen) atoms. The number of carbonyl (C=O) groups is 1. The molecule has 0 amide bonds. The highest BCUT2D eigenvalue weighted by Gasteiger charge is 2.31. The minimum Gasteiger partial charge on any atom is -0.493 e. The van der Waals surface area contributed by atoms with Gasteiger partial charge in [-0.25, -0.2) is 0 Å². The average Bonchev–Trinajstić information content (AvgIpc) is 3.11. The number of Topliss-reactive ketones (excluding diaryl/α,β-unsaturated/α-hetero) is 1. The van der Waals surface area contributed by atoms with Crippen molar-refractivity contribution in [2.45, 2.75) is 11.4 Å². The molecule has 2 atom stereocenters. The van der Waals surface area contributed by atoms with E-state index in [0.717, 1.165) is 5.75 Å². The van der Waals surface area contributed by atoms with Crippen molar-refractivity contribution in [1.29, 1.82) is 0 Å². The fraction of sp³-hybridized carbons (Fsp3) is 0.278. The normalized spacial score (nSPS) is 20.3. The maximum absolute atomic E-state index is 12.7. The van der Waals surface area contributed by atoms with Gasteiger partial charge in [0.25, 0.3) is 0 Å². The highest BCUT2D eigenvalue weighted by atomic mass is 32.2. The first-order valence-electron chi connectivity index (χ1n) is 7.41. The molecule has 0 bridgehead atoms. The number of ketones is 1. The van der Waals surface area contributed by atoms with Crippen LogP contribution in [-0.4, -0.2) is 31.8 Å². The third-order valence-corrected chi connectivity index (χ3v) is 5.14. The quantitative estimate of drug-likeness (QED) is 0.853. The lowest BCUT2D eigenvalue weighted by Gasteiger charge is -2.14. The Morgan fingerprint density at radius 3 is 2.52 bits per heavy atom. The summed E-state index contributed by atoms with van der Waals surface area (Å²) in [6.45, 7) is 0. The minimum absolute atomic E-state index is 0.0804. The SMILES string of the molecule is COc1ccc(C(=O)C2CSC(c3ccccc3)N2)cc1OC. The summed E-state index contributed by atoms with van der Waals surface area (Å²) in [7, 11) is 3.15. The van der Waals surface area contributed by atoms with Crippen molar-refractivity contribution < 1.29 is 14.3 Å². The van der Waals surface area contributed by atoms with Crippen LogP contribution in [0.3, 0.4) is 0 Å². The van der Waals surface area contributed by atoms with Crippen LogP contribution in [0.2, 0.25) is 0 Å². The number of methoxy groups -OCH3 is 2. The van der Waals surface area contributed by atoms with Crippen LogP contribution in [0.1, 0.15) is 21.3 Å². The van der Waals surface area contributed by atoms with Crippen molar-refractivity contribution >= 4 is 17.5 Å². The van der Waals surface area contributed by atoms with Gasteiger partial charge in [0.15, 0.2) is 17.3 Å². The Bertz CT molecular complexity index is 690. The van der Waals surface area contributed by atoms with E-state index in [2.05, 4.69) is 17.4 Å². The van der Waals surface area contributed by atoms with Gasteiger partial charge in [-0.3, -0.25) is 10.1 Å². The zero-order chi connectivity index (χ0) is 16.2. The number of nitrogens with one attached hydrogen (secondary N) is 1.